The zero-order valence-electron chi connectivity index (χ0n) is 8.03. The van der Waals surface area contributed by atoms with Gasteiger partial charge in [0.05, 0.1) is 0 Å². The molecular weight excluding hydrogens is 274 g/mol. The van der Waals surface area contributed by atoms with Crippen molar-refractivity contribution in [3.05, 3.63) is 39.8 Å². The summed E-state index contributed by atoms with van der Waals surface area (Å²) in [6.07, 6.45) is 0. The summed E-state index contributed by atoms with van der Waals surface area (Å²) in [5.41, 5.74) is 1.57. The molecule has 2 aromatic rings. The van der Waals surface area contributed by atoms with Crippen molar-refractivity contribution in [2.75, 3.05) is 0 Å². The average molecular weight is 282 g/mol. The van der Waals surface area contributed by atoms with Crippen LogP contribution in [-0.4, -0.2) is 10.8 Å². The molecule has 0 amide bonds. The molecule has 0 atom stereocenters. The fraction of sp³-hybridized carbons (Fsp3) is 0.0909. The second-order valence-electron chi connectivity index (χ2n) is 3.10. The number of hydrogen-bond acceptors (Lipinski definition) is 3. The van der Waals surface area contributed by atoms with Crippen molar-refractivity contribution in [3.8, 4) is 10.6 Å². The Morgan fingerprint density at radius 1 is 1.47 bits per heavy atom. The van der Waals surface area contributed by atoms with Gasteiger partial charge in [0.2, 0.25) is 0 Å². The molecule has 15 heavy (non-hydrogen) atoms. The number of benzene rings is 1. The molecule has 0 spiro atoms. The molecule has 0 unspecified atom stereocenters. The van der Waals surface area contributed by atoms with Crippen molar-refractivity contribution in [1.29, 1.82) is 0 Å². The summed E-state index contributed by atoms with van der Waals surface area (Å²) in [6.45, 7) is 1.53. The lowest BCUT2D eigenvalue weighted by Gasteiger charge is -1.95. The van der Waals surface area contributed by atoms with Gasteiger partial charge in [-0.05, 0) is 12.1 Å². The number of thiazole rings is 1. The number of rotatable bonds is 2. The number of nitrogens with zero attached hydrogens (tertiary/aromatic N) is 1. The third kappa shape index (κ3) is 2.33. The fourth-order valence-corrected chi connectivity index (χ4v) is 2.44. The Bertz CT molecular complexity index is 507. The summed E-state index contributed by atoms with van der Waals surface area (Å²) in [5.74, 6) is 0.00694. The SMILES string of the molecule is CC(=O)c1csc(-c2cccc(Br)c2)n1. The van der Waals surface area contributed by atoms with Crippen LogP contribution >= 0.6 is 27.3 Å². The second-order valence-corrected chi connectivity index (χ2v) is 4.88. The second kappa shape index (κ2) is 4.24. The maximum atomic E-state index is 11.1. The van der Waals surface area contributed by atoms with E-state index in [4.69, 9.17) is 0 Å². The normalized spacial score (nSPS) is 10.3. The summed E-state index contributed by atoms with van der Waals surface area (Å²) < 4.78 is 1.01. The predicted octanol–water partition coefficient (Wildman–Crippen LogP) is 3.78. The summed E-state index contributed by atoms with van der Waals surface area (Å²) in [4.78, 5) is 15.4. The number of hydrogen-bond donors (Lipinski definition) is 0. The number of halogens is 1. The number of carbonyl (C=O) groups excluding carboxylic acids is 1. The van der Waals surface area contributed by atoms with Gasteiger partial charge in [-0.15, -0.1) is 11.3 Å². The Labute approximate surface area is 100 Å². The summed E-state index contributed by atoms with van der Waals surface area (Å²) in [5, 5.41) is 2.67. The molecule has 0 radical (unpaired) electrons. The van der Waals surface area contributed by atoms with E-state index >= 15 is 0 Å². The van der Waals surface area contributed by atoms with E-state index < -0.39 is 0 Å². The van der Waals surface area contributed by atoms with Gasteiger partial charge in [-0.3, -0.25) is 4.79 Å². The standard InChI is InChI=1S/C11H8BrNOS/c1-7(14)10-6-15-11(13-10)8-3-2-4-9(12)5-8/h2-6H,1H3. The predicted molar refractivity (Wildman–Crippen MR) is 65.3 cm³/mol. The Hall–Kier alpha value is -1.00. The molecular formula is C11H8BrNOS. The van der Waals surface area contributed by atoms with E-state index in [1.54, 1.807) is 5.38 Å². The van der Waals surface area contributed by atoms with Crippen molar-refractivity contribution in [1.82, 2.24) is 4.98 Å². The number of ketones is 1. The van der Waals surface area contributed by atoms with E-state index in [1.807, 2.05) is 24.3 Å². The van der Waals surface area contributed by atoms with Crippen LogP contribution in [0.25, 0.3) is 10.6 Å². The first-order valence-corrected chi connectivity index (χ1v) is 6.06. The lowest BCUT2D eigenvalue weighted by Crippen LogP contribution is -1.91. The van der Waals surface area contributed by atoms with Crippen LogP contribution in [0, 0.1) is 0 Å². The number of carbonyl (C=O) groups is 1. The van der Waals surface area contributed by atoms with Crippen LogP contribution in [0.2, 0.25) is 0 Å². The van der Waals surface area contributed by atoms with E-state index in [1.165, 1.54) is 18.3 Å². The van der Waals surface area contributed by atoms with Gasteiger partial charge in [-0.25, -0.2) is 4.98 Å². The van der Waals surface area contributed by atoms with Crippen LogP contribution in [0.4, 0.5) is 0 Å². The van der Waals surface area contributed by atoms with Gasteiger partial charge in [-0.2, -0.15) is 0 Å². The van der Waals surface area contributed by atoms with Gasteiger partial charge in [0.25, 0.3) is 0 Å². The van der Waals surface area contributed by atoms with Crippen molar-refractivity contribution < 1.29 is 4.79 Å². The van der Waals surface area contributed by atoms with Crippen molar-refractivity contribution in [3.63, 3.8) is 0 Å². The van der Waals surface area contributed by atoms with Gasteiger partial charge >= 0.3 is 0 Å². The fourth-order valence-electron chi connectivity index (χ4n) is 1.19. The zero-order valence-corrected chi connectivity index (χ0v) is 10.4. The lowest BCUT2D eigenvalue weighted by molar-refractivity contribution is 0.101. The first kappa shape index (κ1) is 10.5. The number of Topliss-reactive ketones (excluding diaryl/α,β-unsaturated/α-hetero) is 1. The van der Waals surface area contributed by atoms with Crippen LogP contribution in [0.3, 0.4) is 0 Å². The summed E-state index contributed by atoms with van der Waals surface area (Å²) in [7, 11) is 0. The van der Waals surface area contributed by atoms with Crippen LogP contribution < -0.4 is 0 Å². The third-order valence-electron chi connectivity index (χ3n) is 1.94. The zero-order chi connectivity index (χ0) is 10.8. The van der Waals surface area contributed by atoms with Crippen LogP contribution in [0.1, 0.15) is 17.4 Å². The maximum absolute atomic E-state index is 11.1. The molecule has 2 nitrogen and oxygen atoms in total. The minimum Gasteiger partial charge on any atom is -0.293 e. The molecule has 1 heterocycles. The van der Waals surface area contributed by atoms with E-state index in [2.05, 4.69) is 20.9 Å². The molecule has 0 aliphatic carbocycles. The highest BCUT2D eigenvalue weighted by Crippen LogP contribution is 2.26. The highest BCUT2D eigenvalue weighted by atomic mass is 79.9. The van der Waals surface area contributed by atoms with E-state index in [-0.39, 0.29) is 5.78 Å². The lowest BCUT2D eigenvalue weighted by atomic mass is 10.2. The molecule has 0 saturated carbocycles. The first-order chi connectivity index (χ1) is 7.16. The minimum atomic E-state index is 0.00694. The van der Waals surface area contributed by atoms with Crippen LogP contribution in [0.15, 0.2) is 34.1 Å². The Morgan fingerprint density at radius 3 is 2.87 bits per heavy atom. The monoisotopic (exact) mass is 281 g/mol. The largest absolute Gasteiger partial charge is 0.293 e. The molecule has 2 rings (SSSR count). The van der Waals surface area contributed by atoms with E-state index in [9.17, 15) is 4.79 Å². The van der Waals surface area contributed by atoms with E-state index in [0.717, 1.165) is 15.0 Å². The molecule has 76 valence electrons. The average Bonchev–Trinajstić information content (AvgIpc) is 2.66. The van der Waals surface area contributed by atoms with Gasteiger partial charge < -0.3 is 0 Å². The van der Waals surface area contributed by atoms with Crippen molar-refractivity contribution in [2.24, 2.45) is 0 Å². The van der Waals surface area contributed by atoms with Gasteiger partial charge in [0.1, 0.15) is 10.7 Å². The molecule has 1 aromatic heterocycles. The summed E-state index contributed by atoms with van der Waals surface area (Å²) >= 11 is 4.89. The maximum Gasteiger partial charge on any atom is 0.178 e. The molecule has 0 N–H and O–H groups in total. The Balaban J connectivity index is 2.41. The molecule has 0 fully saturated rings. The van der Waals surface area contributed by atoms with Gasteiger partial charge in [0.15, 0.2) is 5.78 Å². The molecule has 0 saturated heterocycles. The number of aromatic nitrogens is 1. The van der Waals surface area contributed by atoms with Gasteiger partial charge in [0, 0.05) is 22.3 Å². The smallest absolute Gasteiger partial charge is 0.178 e. The molecule has 1 aromatic carbocycles. The highest BCUT2D eigenvalue weighted by Gasteiger charge is 2.07. The Kier molecular flexibility index (Phi) is 2.98. The van der Waals surface area contributed by atoms with Crippen molar-refractivity contribution in [2.45, 2.75) is 6.92 Å². The molecule has 0 aliphatic rings. The van der Waals surface area contributed by atoms with E-state index in [0.29, 0.717) is 5.69 Å². The van der Waals surface area contributed by atoms with Gasteiger partial charge in [-0.1, -0.05) is 28.1 Å². The topological polar surface area (TPSA) is 30.0 Å². The summed E-state index contributed by atoms with van der Waals surface area (Å²) in [6, 6.07) is 7.88. The quantitative estimate of drug-likeness (QED) is 0.785. The van der Waals surface area contributed by atoms with Crippen LogP contribution in [0.5, 0.6) is 0 Å². The highest BCUT2D eigenvalue weighted by molar-refractivity contribution is 9.10. The van der Waals surface area contributed by atoms with Crippen molar-refractivity contribution >= 4 is 33.0 Å². The first-order valence-electron chi connectivity index (χ1n) is 4.39. The molecule has 0 aliphatic heterocycles. The Morgan fingerprint density at radius 2 is 2.27 bits per heavy atom. The molecule has 4 heteroatoms. The third-order valence-corrected chi connectivity index (χ3v) is 3.32. The molecule has 0 bridgehead atoms. The minimum absolute atomic E-state index is 0.00694. The van der Waals surface area contributed by atoms with Crippen LogP contribution in [-0.2, 0) is 0 Å².